The van der Waals surface area contributed by atoms with Crippen LogP contribution in [0, 0.1) is 17.2 Å². The van der Waals surface area contributed by atoms with E-state index in [-0.39, 0.29) is 11.9 Å². The summed E-state index contributed by atoms with van der Waals surface area (Å²) >= 11 is 0. The quantitative estimate of drug-likeness (QED) is 0.563. The van der Waals surface area contributed by atoms with Gasteiger partial charge in [0.1, 0.15) is 0 Å². The number of hydrogen-bond acceptors (Lipinski definition) is 3. The summed E-state index contributed by atoms with van der Waals surface area (Å²) in [7, 11) is 1.46. The van der Waals surface area contributed by atoms with Gasteiger partial charge < -0.3 is 4.74 Å². The van der Waals surface area contributed by atoms with Crippen LogP contribution in [0.15, 0.2) is 0 Å². The first-order valence-corrected chi connectivity index (χ1v) is 4.15. The van der Waals surface area contributed by atoms with E-state index in [1.165, 1.54) is 26.9 Å². The molecular formula is C9H15NO2. The van der Waals surface area contributed by atoms with Crippen molar-refractivity contribution >= 4 is 5.97 Å². The van der Waals surface area contributed by atoms with Crippen molar-refractivity contribution in [2.45, 2.75) is 32.6 Å². The van der Waals surface area contributed by atoms with Crippen molar-refractivity contribution in [2.24, 2.45) is 5.92 Å². The van der Waals surface area contributed by atoms with Gasteiger partial charge in [-0.3, -0.25) is 4.79 Å². The number of esters is 1. The minimum atomic E-state index is -0.0208. The van der Waals surface area contributed by atoms with E-state index in [0.717, 1.165) is 12.8 Å². The van der Waals surface area contributed by atoms with Crippen LogP contribution in [-0.2, 0) is 9.53 Å². The summed E-state index contributed by atoms with van der Waals surface area (Å²) in [5.74, 6) is 0.197. The SMILES string of the molecule is CC#N.COC(=O)C1CCCC1. The molecule has 0 heterocycles. The van der Waals surface area contributed by atoms with Crippen molar-refractivity contribution in [3.8, 4) is 6.07 Å². The highest BCUT2D eigenvalue weighted by Gasteiger charge is 2.22. The van der Waals surface area contributed by atoms with Crippen LogP contribution in [0.4, 0.5) is 0 Å². The summed E-state index contributed by atoms with van der Waals surface area (Å²) in [6.45, 7) is 1.43. The molecule has 0 aliphatic heterocycles. The largest absolute Gasteiger partial charge is 0.469 e. The average Bonchev–Trinajstić information content (AvgIpc) is 2.56. The van der Waals surface area contributed by atoms with E-state index >= 15 is 0 Å². The molecule has 0 saturated heterocycles. The van der Waals surface area contributed by atoms with Crippen molar-refractivity contribution in [1.82, 2.24) is 0 Å². The molecule has 0 N–H and O–H groups in total. The zero-order valence-electron chi connectivity index (χ0n) is 7.67. The molecule has 0 radical (unpaired) electrons. The second kappa shape index (κ2) is 6.66. The van der Waals surface area contributed by atoms with Gasteiger partial charge in [-0.2, -0.15) is 5.26 Å². The summed E-state index contributed by atoms with van der Waals surface area (Å²) in [6, 6.07) is 1.75. The van der Waals surface area contributed by atoms with E-state index in [2.05, 4.69) is 4.74 Å². The molecule has 0 aromatic heterocycles. The molecule has 0 aromatic carbocycles. The van der Waals surface area contributed by atoms with Crippen LogP contribution < -0.4 is 0 Å². The lowest BCUT2D eigenvalue weighted by molar-refractivity contribution is -0.145. The second-order valence-electron chi connectivity index (χ2n) is 2.73. The van der Waals surface area contributed by atoms with Gasteiger partial charge in [-0.15, -0.1) is 0 Å². The maximum absolute atomic E-state index is 10.8. The molecule has 68 valence electrons. The third-order valence-corrected chi connectivity index (χ3v) is 1.89. The Kier molecular flexibility index (Phi) is 6.08. The van der Waals surface area contributed by atoms with Gasteiger partial charge in [0.25, 0.3) is 0 Å². The smallest absolute Gasteiger partial charge is 0.308 e. The maximum Gasteiger partial charge on any atom is 0.308 e. The van der Waals surface area contributed by atoms with E-state index in [9.17, 15) is 4.79 Å². The number of carbonyl (C=O) groups is 1. The Morgan fingerprint density at radius 2 is 1.92 bits per heavy atom. The molecule has 0 bridgehead atoms. The standard InChI is InChI=1S/C7H12O2.C2H3N/c1-9-7(8)6-4-2-3-5-6;1-2-3/h6H,2-5H2,1H3;1H3. The van der Waals surface area contributed by atoms with Gasteiger partial charge in [-0.05, 0) is 12.8 Å². The van der Waals surface area contributed by atoms with Crippen LogP contribution in [0.3, 0.4) is 0 Å². The highest BCUT2D eigenvalue weighted by Crippen LogP contribution is 2.25. The van der Waals surface area contributed by atoms with Crippen molar-refractivity contribution in [3.05, 3.63) is 0 Å². The van der Waals surface area contributed by atoms with E-state index in [4.69, 9.17) is 5.26 Å². The molecule has 1 rings (SSSR count). The van der Waals surface area contributed by atoms with E-state index < -0.39 is 0 Å². The predicted molar refractivity (Wildman–Crippen MR) is 45.3 cm³/mol. The third-order valence-electron chi connectivity index (χ3n) is 1.89. The molecule has 12 heavy (non-hydrogen) atoms. The average molecular weight is 169 g/mol. The molecule has 3 heteroatoms. The van der Waals surface area contributed by atoms with Gasteiger partial charge in [0.15, 0.2) is 0 Å². The van der Waals surface area contributed by atoms with Crippen molar-refractivity contribution in [3.63, 3.8) is 0 Å². The molecule has 0 aromatic rings. The van der Waals surface area contributed by atoms with E-state index in [0.29, 0.717) is 0 Å². The molecule has 1 aliphatic carbocycles. The molecule has 0 unspecified atom stereocenters. The number of nitrogens with zero attached hydrogens (tertiary/aromatic N) is 1. The minimum absolute atomic E-state index is 0.0208. The topological polar surface area (TPSA) is 50.1 Å². The number of methoxy groups -OCH3 is 1. The molecule has 0 atom stereocenters. The van der Waals surface area contributed by atoms with Crippen LogP contribution in [0.1, 0.15) is 32.6 Å². The Bertz CT molecular complexity index is 166. The van der Waals surface area contributed by atoms with Gasteiger partial charge >= 0.3 is 5.97 Å². The fraction of sp³-hybridized carbons (Fsp3) is 0.778. The molecule has 1 fully saturated rings. The summed E-state index contributed by atoms with van der Waals surface area (Å²) < 4.78 is 4.60. The summed E-state index contributed by atoms with van der Waals surface area (Å²) in [5.41, 5.74) is 0. The van der Waals surface area contributed by atoms with Gasteiger partial charge in [-0.1, -0.05) is 12.8 Å². The zero-order chi connectivity index (χ0) is 9.40. The molecular weight excluding hydrogens is 154 g/mol. The first-order chi connectivity index (χ1) is 5.76. The van der Waals surface area contributed by atoms with Gasteiger partial charge in [-0.25, -0.2) is 0 Å². The number of carbonyl (C=O) groups excluding carboxylic acids is 1. The molecule has 1 saturated carbocycles. The molecule has 0 amide bonds. The van der Waals surface area contributed by atoms with Gasteiger partial charge in [0.05, 0.1) is 19.1 Å². The Hall–Kier alpha value is -1.04. The van der Waals surface area contributed by atoms with Crippen molar-refractivity contribution < 1.29 is 9.53 Å². The summed E-state index contributed by atoms with van der Waals surface area (Å²) in [5, 5.41) is 7.32. The monoisotopic (exact) mass is 169 g/mol. The second-order valence-corrected chi connectivity index (χ2v) is 2.73. The van der Waals surface area contributed by atoms with E-state index in [1.807, 2.05) is 0 Å². The van der Waals surface area contributed by atoms with Gasteiger partial charge in [0.2, 0.25) is 0 Å². The zero-order valence-corrected chi connectivity index (χ0v) is 7.67. The predicted octanol–water partition coefficient (Wildman–Crippen LogP) is 1.88. The van der Waals surface area contributed by atoms with Crippen molar-refractivity contribution in [1.29, 1.82) is 5.26 Å². The first-order valence-electron chi connectivity index (χ1n) is 4.15. The Balaban J connectivity index is 0.000000354. The fourth-order valence-electron chi connectivity index (χ4n) is 1.33. The summed E-state index contributed by atoms with van der Waals surface area (Å²) in [6.07, 6.45) is 4.46. The molecule has 3 nitrogen and oxygen atoms in total. The minimum Gasteiger partial charge on any atom is -0.469 e. The van der Waals surface area contributed by atoms with Crippen LogP contribution in [0.5, 0.6) is 0 Å². The lowest BCUT2D eigenvalue weighted by Gasteiger charge is -2.03. The molecule has 0 spiro atoms. The summed E-state index contributed by atoms with van der Waals surface area (Å²) in [4.78, 5) is 10.8. The van der Waals surface area contributed by atoms with E-state index in [1.54, 1.807) is 6.07 Å². The first kappa shape index (κ1) is 11.0. The molecule has 1 aliphatic rings. The van der Waals surface area contributed by atoms with Crippen LogP contribution in [-0.4, -0.2) is 13.1 Å². The lowest BCUT2D eigenvalue weighted by Crippen LogP contribution is -2.11. The van der Waals surface area contributed by atoms with Crippen LogP contribution in [0.2, 0.25) is 0 Å². The third kappa shape index (κ3) is 3.97. The fourth-order valence-corrected chi connectivity index (χ4v) is 1.33. The van der Waals surface area contributed by atoms with Crippen LogP contribution >= 0.6 is 0 Å². The van der Waals surface area contributed by atoms with Gasteiger partial charge in [0, 0.05) is 6.92 Å². The van der Waals surface area contributed by atoms with Crippen molar-refractivity contribution in [2.75, 3.05) is 7.11 Å². The van der Waals surface area contributed by atoms with Crippen LogP contribution in [0.25, 0.3) is 0 Å². The number of hydrogen-bond donors (Lipinski definition) is 0. The Morgan fingerprint density at radius 1 is 1.50 bits per heavy atom. The Morgan fingerprint density at radius 3 is 2.25 bits per heavy atom. The number of ether oxygens (including phenoxy) is 1. The number of nitriles is 1. The lowest BCUT2D eigenvalue weighted by atomic mass is 10.1. The highest BCUT2D eigenvalue weighted by atomic mass is 16.5. The number of rotatable bonds is 1. The highest BCUT2D eigenvalue weighted by molar-refractivity contribution is 5.72. The Labute approximate surface area is 73.3 Å². The normalized spacial score (nSPS) is 15.8. The maximum atomic E-state index is 10.8.